The normalized spacial score (nSPS) is 11.2. The molecule has 0 heterocycles. The van der Waals surface area contributed by atoms with Crippen molar-refractivity contribution in [1.82, 2.24) is 5.43 Å². The van der Waals surface area contributed by atoms with Gasteiger partial charge in [0.2, 0.25) is 0 Å². The average molecular weight is 688 g/mol. The molecule has 0 bridgehead atoms. The highest BCUT2D eigenvalue weighted by molar-refractivity contribution is 9.10. The predicted octanol–water partition coefficient (Wildman–Crippen LogP) is 5.94. The molecule has 0 saturated carbocycles. The Morgan fingerprint density at radius 3 is 2.49 bits per heavy atom. The van der Waals surface area contributed by atoms with E-state index in [2.05, 4.69) is 26.5 Å². The average Bonchev–Trinajstić information content (AvgIpc) is 3.00. The van der Waals surface area contributed by atoms with Crippen molar-refractivity contribution in [3.63, 3.8) is 0 Å². The molecule has 43 heavy (non-hydrogen) atoms. The van der Waals surface area contributed by atoms with E-state index in [0.29, 0.717) is 26.6 Å². The van der Waals surface area contributed by atoms with Crippen molar-refractivity contribution in [1.29, 1.82) is 0 Å². The van der Waals surface area contributed by atoms with Gasteiger partial charge in [-0.15, -0.1) is 0 Å². The summed E-state index contributed by atoms with van der Waals surface area (Å²) in [4.78, 5) is 23.4. The number of halogens is 2. The molecule has 1 amide bonds. The number of carbonyl (C=O) groups is 1. The highest BCUT2D eigenvalue weighted by atomic mass is 79.9. The van der Waals surface area contributed by atoms with E-state index in [1.165, 1.54) is 55.8 Å². The number of hydrogen-bond acceptors (Lipinski definition) is 8. The number of non-ortho nitro benzene ring substituents is 1. The van der Waals surface area contributed by atoms with Crippen LogP contribution in [0.3, 0.4) is 0 Å². The van der Waals surface area contributed by atoms with Gasteiger partial charge in [0.1, 0.15) is 13.2 Å². The Morgan fingerprint density at radius 1 is 1.07 bits per heavy atom. The first-order chi connectivity index (χ1) is 20.6. The maximum absolute atomic E-state index is 13.4. The highest BCUT2D eigenvalue weighted by Crippen LogP contribution is 2.37. The first kappa shape index (κ1) is 31.5. The Labute approximate surface area is 261 Å². The van der Waals surface area contributed by atoms with E-state index >= 15 is 0 Å². The summed E-state index contributed by atoms with van der Waals surface area (Å²) in [5.41, 5.74) is 3.24. The Morgan fingerprint density at radius 2 is 1.79 bits per heavy atom. The molecule has 0 unspecified atom stereocenters. The molecule has 0 spiro atoms. The molecule has 4 aromatic carbocycles. The Balaban J connectivity index is 1.51. The zero-order chi connectivity index (χ0) is 31.0. The largest absolute Gasteiger partial charge is 0.493 e. The van der Waals surface area contributed by atoms with Gasteiger partial charge in [0.05, 0.1) is 33.3 Å². The Bertz CT molecular complexity index is 1770. The summed E-state index contributed by atoms with van der Waals surface area (Å²) in [7, 11) is -2.79. The summed E-state index contributed by atoms with van der Waals surface area (Å²) in [6.07, 6.45) is 1.34. The SMILES string of the molecule is COc1cc(/C=N\NC(=O)CN(c2cccc([N+](=O)[O-])c2)S(=O)(=O)c2ccccc2)cc(Br)c1OCc1ccccc1Cl. The quantitative estimate of drug-likeness (QED) is 0.110. The number of sulfonamides is 1. The van der Waals surface area contributed by atoms with E-state index in [0.717, 1.165) is 15.9 Å². The number of rotatable bonds is 12. The van der Waals surface area contributed by atoms with Crippen LogP contribution < -0.4 is 19.2 Å². The lowest BCUT2D eigenvalue weighted by atomic mass is 10.2. The van der Waals surface area contributed by atoms with Crippen LogP contribution in [0.4, 0.5) is 11.4 Å². The summed E-state index contributed by atoms with van der Waals surface area (Å²) in [5.74, 6) is 0.0373. The number of methoxy groups -OCH3 is 1. The summed E-state index contributed by atoms with van der Waals surface area (Å²) >= 11 is 9.68. The maximum Gasteiger partial charge on any atom is 0.271 e. The lowest BCUT2D eigenvalue weighted by Gasteiger charge is -2.23. The molecule has 0 aliphatic heterocycles. The van der Waals surface area contributed by atoms with Crippen molar-refractivity contribution in [2.45, 2.75) is 11.5 Å². The van der Waals surface area contributed by atoms with Gasteiger partial charge >= 0.3 is 0 Å². The van der Waals surface area contributed by atoms with Crippen molar-refractivity contribution in [2.75, 3.05) is 18.0 Å². The number of amides is 1. The molecular weight excluding hydrogens is 664 g/mol. The molecular formula is C29H24BrClN4O7S. The molecule has 0 aromatic heterocycles. The number of ether oxygens (including phenoxy) is 2. The van der Waals surface area contributed by atoms with E-state index in [4.69, 9.17) is 21.1 Å². The van der Waals surface area contributed by atoms with Crippen LogP contribution in [0.1, 0.15) is 11.1 Å². The van der Waals surface area contributed by atoms with Gasteiger partial charge in [0, 0.05) is 22.7 Å². The van der Waals surface area contributed by atoms with Crippen LogP contribution >= 0.6 is 27.5 Å². The first-order valence-electron chi connectivity index (χ1n) is 12.5. The van der Waals surface area contributed by atoms with Crippen LogP contribution in [0.15, 0.2) is 105 Å². The number of nitrogens with one attached hydrogen (secondary N) is 1. The molecule has 0 saturated heterocycles. The number of nitrogens with zero attached hydrogens (tertiary/aromatic N) is 3. The van der Waals surface area contributed by atoms with Crippen LogP contribution in [-0.2, 0) is 21.4 Å². The minimum Gasteiger partial charge on any atom is -0.493 e. The monoisotopic (exact) mass is 686 g/mol. The number of anilines is 1. The second-order valence-corrected chi connectivity index (χ2v) is 11.9. The van der Waals surface area contributed by atoms with Gasteiger partial charge in [0.15, 0.2) is 11.5 Å². The third-order valence-electron chi connectivity index (χ3n) is 5.93. The van der Waals surface area contributed by atoms with Crippen LogP contribution in [0.25, 0.3) is 0 Å². The number of hydrogen-bond donors (Lipinski definition) is 1. The lowest BCUT2D eigenvalue weighted by molar-refractivity contribution is -0.384. The van der Waals surface area contributed by atoms with Gasteiger partial charge in [-0.3, -0.25) is 19.2 Å². The second kappa shape index (κ2) is 14.1. The number of carbonyl (C=O) groups excluding carboxylic acids is 1. The van der Waals surface area contributed by atoms with Crippen molar-refractivity contribution in [3.8, 4) is 11.5 Å². The Hall–Kier alpha value is -4.46. The lowest BCUT2D eigenvalue weighted by Crippen LogP contribution is -2.39. The third-order valence-corrected chi connectivity index (χ3v) is 8.68. The first-order valence-corrected chi connectivity index (χ1v) is 15.1. The third kappa shape index (κ3) is 7.89. The van der Waals surface area contributed by atoms with E-state index in [9.17, 15) is 23.3 Å². The highest BCUT2D eigenvalue weighted by Gasteiger charge is 2.28. The zero-order valence-corrected chi connectivity index (χ0v) is 25.7. The van der Waals surface area contributed by atoms with Gasteiger partial charge < -0.3 is 9.47 Å². The fraction of sp³-hybridized carbons (Fsp3) is 0.103. The molecule has 11 nitrogen and oxygen atoms in total. The van der Waals surface area contributed by atoms with E-state index in [1.807, 2.05) is 18.2 Å². The standard InChI is InChI=1S/C29H24BrClN4O7S/c1-41-27-15-20(14-25(30)29(27)42-19-21-8-5-6-13-26(21)31)17-32-33-28(36)18-34(22-9-7-10-23(16-22)35(37)38)43(39,40)24-11-3-2-4-12-24/h2-17H,18-19H2,1H3,(H,33,36)/b32-17-. The van der Waals surface area contributed by atoms with Crippen LogP contribution in [0.5, 0.6) is 11.5 Å². The molecule has 222 valence electrons. The van der Waals surface area contributed by atoms with Crippen molar-refractivity contribution < 1.29 is 27.6 Å². The molecule has 1 N–H and O–H groups in total. The molecule has 0 aliphatic carbocycles. The summed E-state index contributed by atoms with van der Waals surface area (Å²) in [6.45, 7) is -0.497. The minimum absolute atomic E-state index is 0.0572. The molecule has 4 aromatic rings. The second-order valence-electron chi connectivity index (χ2n) is 8.81. The molecule has 0 radical (unpaired) electrons. The molecule has 0 atom stereocenters. The number of nitro groups is 1. The maximum atomic E-state index is 13.4. The molecule has 0 fully saturated rings. The summed E-state index contributed by atoms with van der Waals surface area (Å²) < 4.78 is 39.6. The van der Waals surface area contributed by atoms with Gasteiger partial charge in [-0.1, -0.05) is 54.1 Å². The Kier molecular flexibility index (Phi) is 10.3. The molecule has 0 aliphatic rings. The molecule has 4 rings (SSSR count). The van der Waals surface area contributed by atoms with Gasteiger partial charge in [-0.2, -0.15) is 5.10 Å². The van der Waals surface area contributed by atoms with Crippen molar-refractivity contribution in [3.05, 3.63) is 122 Å². The van der Waals surface area contributed by atoms with Crippen LogP contribution in [0, 0.1) is 10.1 Å². The van der Waals surface area contributed by atoms with E-state index in [1.54, 1.807) is 24.3 Å². The fourth-order valence-electron chi connectivity index (χ4n) is 3.86. The number of benzene rings is 4. The van der Waals surface area contributed by atoms with E-state index in [-0.39, 0.29) is 22.9 Å². The summed E-state index contributed by atoms with van der Waals surface area (Å²) in [6, 6.07) is 23.0. The summed E-state index contributed by atoms with van der Waals surface area (Å²) in [5, 5.41) is 15.8. The molecule has 14 heteroatoms. The fourth-order valence-corrected chi connectivity index (χ4v) is 6.06. The van der Waals surface area contributed by atoms with Crippen LogP contribution in [0.2, 0.25) is 5.02 Å². The van der Waals surface area contributed by atoms with Gasteiger partial charge in [-0.05, 0) is 57.9 Å². The van der Waals surface area contributed by atoms with Gasteiger partial charge in [0.25, 0.3) is 21.6 Å². The smallest absolute Gasteiger partial charge is 0.271 e. The number of nitro benzene ring substituents is 1. The van der Waals surface area contributed by atoms with E-state index < -0.39 is 27.4 Å². The number of hydrazone groups is 1. The van der Waals surface area contributed by atoms with Crippen molar-refractivity contribution in [2.24, 2.45) is 5.10 Å². The minimum atomic E-state index is -4.26. The topological polar surface area (TPSA) is 140 Å². The van der Waals surface area contributed by atoms with Crippen molar-refractivity contribution >= 4 is 61.1 Å². The zero-order valence-electron chi connectivity index (χ0n) is 22.5. The predicted molar refractivity (Wildman–Crippen MR) is 166 cm³/mol. The van der Waals surface area contributed by atoms with Gasteiger partial charge in [-0.25, -0.2) is 13.8 Å². The van der Waals surface area contributed by atoms with Crippen LogP contribution in [-0.4, -0.2) is 39.1 Å².